The Bertz CT molecular complexity index is 594. The number of rotatable bonds is 1. The molecule has 3 heteroatoms. The van der Waals surface area contributed by atoms with Crippen LogP contribution in [0.4, 0.5) is 0 Å². The van der Waals surface area contributed by atoms with Crippen molar-refractivity contribution in [3.05, 3.63) is 47.5 Å². The van der Waals surface area contributed by atoms with Gasteiger partial charge in [0.25, 0.3) is 0 Å². The maximum absolute atomic E-state index is 12.5. The minimum absolute atomic E-state index is 0.00307. The van der Waals surface area contributed by atoms with E-state index in [0.717, 1.165) is 6.42 Å². The van der Waals surface area contributed by atoms with Crippen molar-refractivity contribution in [2.24, 2.45) is 17.8 Å². The summed E-state index contributed by atoms with van der Waals surface area (Å²) in [5.41, 5.74) is 1.25. The number of carbonyl (C=O) groups excluding carboxylic acids is 1. The summed E-state index contributed by atoms with van der Waals surface area (Å²) in [6.07, 6.45) is 4.94. The Kier molecular flexibility index (Phi) is 2.28. The first-order valence-corrected chi connectivity index (χ1v) is 7.29. The molecule has 0 spiro atoms. The van der Waals surface area contributed by atoms with Crippen LogP contribution in [0.1, 0.15) is 17.0 Å². The van der Waals surface area contributed by atoms with Gasteiger partial charge in [0, 0.05) is 17.8 Å². The maximum atomic E-state index is 12.5. The zero-order valence-electron chi connectivity index (χ0n) is 10.4. The Morgan fingerprint density at radius 3 is 2.89 bits per heavy atom. The van der Waals surface area contributed by atoms with Gasteiger partial charge in [-0.3, -0.25) is 4.79 Å². The average Bonchev–Trinajstić information content (AvgIpc) is 2.83. The van der Waals surface area contributed by atoms with E-state index in [1.807, 2.05) is 24.3 Å². The molecular formula is C16H15ClO2. The van der Waals surface area contributed by atoms with Crippen molar-refractivity contribution in [2.75, 3.05) is 5.88 Å². The first-order valence-electron chi connectivity index (χ1n) is 6.75. The van der Waals surface area contributed by atoms with Gasteiger partial charge < -0.3 is 5.11 Å². The topological polar surface area (TPSA) is 37.3 Å². The quantitative estimate of drug-likeness (QED) is 0.630. The first-order chi connectivity index (χ1) is 9.16. The lowest BCUT2D eigenvalue weighted by molar-refractivity contribution is -0.153. The van der Waals surface area contributed by atoms with Crippen LogP contribution in [0.5, 0.6) is 0 Å². The lowest BCUT2D eigenvalue weighted by atomic mass is 9.56. The molecule has 0 heterocycles. The Balaban J connectivity index is 1.87. The number of carbonyl (C=O) groups is 1. The molecule has 19 heavy (non-hydrogen) atoms. The number of Topliss-reactive ketones (excluding diaryl/α,β-unsaturated/α-hetero) is 1. The van der Waals surface area contributed by atoms with Crippen molar-refractivity contribution in [3.8, 4) is 0 Å². The highest BCUT2D eigenvalue weighted by molar-refractivity contribution is 6.21. The van der Waals surface area contributed by atoms with Crippen LogP contribution in [0.2, 0.25) is 0 Å². The number of ketones is 1. The number of halogens is 1. The number of alkyl halides is 1. The van der Waals surface area contributed by atoms with Crippen LogP contribution >= 0.6 is 11.6 Å². The fourth-order valence-electron chi connectivity index (χ4n) is 4.34. The summed E-state index contributed by atoms with van der Waals surface area (Å²) in [5.74, 6) is 0.114. The van der Waals surface area contributed by atoms with Crippen LogP contribution in [0.25, 0.3) is 0 Å². The lowest BCUT2D eigenvalue weighted by Crippen LogP contribution is -2.60. The van der Waals surface area contributed by atoms with E-state index in [9.17, 15) is 9.90 Å². The molecule has 2 bridgehead atoms. The molecule has 0 radical (unpaired) electrons. The van der Waals surface area contributed by atoms with Gasteiger partial charge in [0.1, 0.15) is 5.60 Å². The van der Waals surface area contributed by atoms with E-state index in [1.54, 1.807) is 0 Å². The molecule has 2 nitrogen and oxygen atoms in total. The van der Waals surface area contributed by atoms with Crippen LogP contribution in [0.3, 0.4) is 0 Å². The third-order valence-corrected chi connectivity index (χ3v) is 5.60. The van der Waals surface area contributed by atoms with E-state index in [2.05, 4.69) is 12.1 Å². The normalized spacial score (nSPS) is 42.3. The Morgan fingerprint density at radius 2 is 2.11 bits per heavy atom. The fraction of sp³-hybridized carbons (Fsp3) is 0.438. The van der Waals surface area contributed by atoms with Crippen molar-refractivity contribution in [1.29, 1.82) is 0 Å². The van der Waals surface area contributed by atoms with Gasteiger partial charge in [0.05, 0.1) is 5.88 Å². The van der Waals surface area contributed by atoms with Gasteiger partial charge in [-0.1, -0.05) is 36.4 Å². The summed E-state index contributed by atoms with van der Waals surface area (Å²) < 4.78 is 0. The molecule has 1 fully saturated rings. The smallest absolute Gasteiger partial charge is 0.173 e. The number of allylic oxidation sites excluding steroid dienone is 1. The molecule has 1 saturated carbocycles. The maximum Gasteiger partial charge on any atom is 0.173 e. The third kappa shape index (κ3) is 1.29. The number of benzene rings is 1. The predicted molar refractivity (Wildman–Crippen MR) is 73.2 cm³/mol. The highest BCUT2D eigenvalue weighted by Crippen LogP contribution is 2.57. The minimum Gasteiger partial charge on any atom is -0.380 e. The molecule has 0 aromatic heterocycles. The molecule has 5 atom stereocenters. The Morgan fingerprint density at radius 1 is 1.32 bits per heavy atom. The van der Waals surface area contributed by atoms with Crippen LogP contribution in [0, 0.1) is 17.8 Å². The molecule has 0 amide bonds. The highest BCUT2D eigenvalue weighted by Gasteiger charge is 2.60. The van der Waals surface area contributed by atoms with Gasteiger partial charge in [-0.25, -0.2) is 0 Å². The zero-order chi connectivity index (χ0) is 13.2. The van der Waals surface area contributed by atoms with Gasteiger partial charge in [-0.05, 0) is 23.5 Å². The summed E-state index contributed by atoms with van der Waals surface area (Å²) in [5, 5.41) is 10.6. The molecule has 4 aliphatic carbocycles. The van der Waals surface area contributed by atoms with Gasteiger partial charge in [0.15, 0.2) is 5.78 Å². The van der Waals surface area contributed by atoms with Crippen LogP contribution in [-0.4, -0.2) is 22.4 Å². The fourth-order valence-corrected chi connectivity index (χ4v) is 4.65. The van der Waals surface area contributed by atoms with Gasteiger partial charge >= 0.3 is 0 Å². The summed E-state index contributed by atoms with van der Waals surface area (Å²) in [7, 11) is 0. The van der Waals surface area contributed by atoms with E-state index in [0.29, 0.717) is 5.92 Å². The second kappa shape index (κ2) is 3.71. The Hall–Kier alpha value is -1.12. The van der Waals surface area contributed by atoms with Crippen LogP contribution in [0.15, 0.2) is 36.4 Å². The summed E-state index contributed by atoms with van der Waals surface area (Å²) in [6.45, 7) is 0. The minimum atomic E-state index is -1.36. The zero-order valence-corrected chi connectivity index (χ0v) is 11.2. The molecular weight excluding hydrogens is 260 g/mol. The molecule has 1 aromatic carbocycles. The standard InChI is InChI=1S/C16H15ClO2/c17-8-16(19)13-6-5-11(15(16)18)14-10-4-2-1-3-9(10)7-12(13)14/h1-6,11-14,19H,7-8H2/t11-,12-,13+,14+,16-/m0/s1. The third-order valence-electron chi connectivity index (χ3n) is 5.19. The number of hydrogen-bond acceptors (Lipinski definition) is 2. The van der Waals surface area contributed by atoms with E-state index in [-0.39, 0.29) is 29.4 Å². The van der Waals surface area contributed by atoms with Gasteiger partial charge in [-0.2, -0.15) is 0 Å². The van der Waals surface area contributed by atoms with Gasteiger partial charge in [0.2, 0.25) is 0 Å². The molecule has 1 N–H and O–H groups in total. The first kappa shape index (κ1) is 11.7. The Labute approximate surface area is 117 Å². The monoisotopic (exact) mass is 274 g/mol. The van der Waals surface area contributed by atoms with E-state index >= 15 is 0 Å². The van der Waals surface area contributed by atoms with Crippen molar-refractivity contribution in [2.45, 2.75) is 17.9 Å². The van der Waals surface area contributed by atoms with Crippen molar-refractivity contribution in [3.63, 3.8) is 0 Å². The summed E-state index contributed by atoms with van der Waals surface area (Å²) >= 11 is 5.91. The van der Waals surface area contributed by atoms with E-state index < -0.39 is 5.60 Å². The summed E-state index contributed by atoms with van der Waals surface area (Å²) in [4.78, 5) is 12.5. The average molecular weight is 275 g/mol. The van der Waals surface area contributed by atoms with Crippen molar-refractivity contribution in [1.82, 2.24) is 0 Å². The van der Waals surface area contributed by atoms with Crippen molar-refractivity contribution >= 4 is 17.4 Å². The molecule has 0 unspecified atom stereocenters. The SMILES string of the molecule is O=C1[C@H]2C=C[C@H]([C@@H]3Cc4ccccc4[C@@H]32)[C@@]1(O)CCl. The number of hydrogen-bond donors (Lipinski definition) is 1. The molecule has 1 aromatic rings. The lowest BCUT2D eigenvalue weighted by Gasteiger charge is -2.49. The van der Waals surface area contributed by atoms with Crippen molar-refractivity contribution < 1.29 is 9.90 Å². The number of aliphatic hydroxyl groups is 1. The summed E-state index contributed by atoms with van der Waals surface area (Å²) in [6, 6.07) is 8.34. The molecule has 0 saturated heterocycles. The predicted octanol–water partition coefficient (Wildman–Crippen LogP) is 2.30. The van der Waals surface area contributed by atoms with Crippen LogP contribution < -0.4 is 0 Å². The van der Waals surface area contributed by atoms with Gasteiger partial charge in [-0.15, -0.1) is 11.6 Å². The van der Waals surface area contributed by atoms with E-state index in [1.165, 1.54) is 11.1 Å². The molecule has 0 aliphatic heterocycles. The molecule has 98 valence electrons. The van der Waals surface area contributed by atoms with E-state index in [4.69, 9.17) is 11.6 Å². The van der Waals surface area contributed by atoms with Crippen LogP contribution in [-0.2, 0) is 11.2 Å². The second-order valence-corrected chi connectivity index (χ2v) is 6.22. The highest BCUT2D eigenvalue weighted by atomic mass is 35.5. The second-order valence-electron chi connectivity index (χ2n) is 5.95. The number of fused-ring (bicyclic) bond motifs is 2. The molecule has 4 aliphatic rings. The largest absolute Gasteiger partial charge is 0.380 e. The molecule has 5 rings (SSSR count).